The van der Waals surface area contributed by atoms with E-state index in [0.29, 0.717) is 24.6 Å². The molecule has 2 amide bonds. The minimum atomic E-state index is -3.24. The molecule has 0 saturated heterocycles. The number of carbonyl (C=O) groups is 1. The van der Waals surface area contributed by atoms with Crippen LogP contribution in [0.1, 0.15) is 29.7 Å². The third-order valence-electron chi connectivity index (χ3n) is 5.15. The summed E-state index contributed by atoms with van der Waals surface area (Å²) in [6.45, 7) is 2.97. The van der Waals surface area contributed by atoms with Crippen molar-refractivity contribution in [1.82, 2.24) is 10.2 Å². The van der Waals surface area contributed by atoms with Gasteiger partial charge in [-0.1, -0.05) is 12.1 Å². The number of nitrogens with one attached hydrogen (secondary N) is 1. The van der Waals surface area contributed by atoms with Gasteiger partial charge < -0.3 is 19.7 Å². The lowest BCUT2D eigenvalue weighted by Crippen LogP contribution is -2.43. The van der Waals surface area contributed by atoms with E-state index >= 15 is 0 Å². The van der Waals surface area contributed by atoms with E-state index in [2.05, 4.69) is 5.32 Å². The van der Waals surface area contributed by atoms with Gasteiger partial charge in [-0.2, -0.15) is 0 Å². The van der Waals surface area contributed by atoms with Crippen LogP contribution in [0.25, 0.3) is 0 Å². The molecule has 1 aliphatic rings. The van der Waals surface area contributed by atoms with Crippen LogP contribution in [-0.4, -0.2) is 46.4 Å². The molecule has 1 N–H and O–H groups in total. The summed E-state index contributed by atoms with van der Waals surface area (Å²) < 4.78 is 33.9. The second-order valence-corrected chi connectivity index (χ2v) is 9.18. The van der Waals surface area contributed by atoms with Gasteiger partial charge >= 0.3 is 6.03 Å². The van der Waals surface area contributed by atoms with Crippen LogP contribution < -0.4 is 14.8 Å². The SMILES string of the molecule is COc1cc2c(cc1OC)CN(C(=O)N[C@H](C)c1ccc(S(C)(=O)=O)cc1)CC2. The molecular formula is C21H26N2O5S. The van der Waals surface area contributed by atoms with E-state index in [9.17, 15) is 13.2 Å². The summed E-state index contributed by atoms with van der Waals surface area (Å²) in [5.74, 6) is 1.34. The van der Waals surface area contributed by atoms with Gasteiger partial charge in [0, 0.05) is 19.3 Å². The highest BCUT2D eigenvalue weighted by Gasteiger charge is 2.24. The number of urea groups is 1. The van der Waals surface area contributed by atoms with E-state index in [4.69, 9.17) is 9.47 Å². The highest BCUT2D eigenvalue weighted by Crippen LogP contribution is 2.33. The number of nitrogens with zero attached hydrogens (tertiary/aromatic N) is 1. The first-order valence-corrected chi connectivity index (χ1v) is 11.2. The van der Waals surface area contributed by atoms with Crippen molar-refractivity contribution in [2.75, 3.05) is 27.0 Å². The molecule has 2 aromatic carbocycles. The minimum Gasteiger partial charge on any atom is -0.493 e. The van der Waals surface area contributed by atoms with Crippen LogP contribution in [0.3, 0.4) is 0 Å². The zero-order chi connectivity index (χ0) is 21.2. The van der Waals surface area contributed by atoms with Gasteiger partial charge in [0.1, 0.15) is 0 Å². The lowest BCUT2D eigenvalue weighted by molar-refractivity contribution is 0.189. The van der Waals surface area contributed by atoms with Crippen molar-refractivity contribution in [3.8, 4) is 11.5 Å². The number of benzene rings is 2. The summed E-state index contributed by atoms with van der Waals surface area (Å²) in [5, 5.41) is 2.99. The van der Waals surface area contributed by atoms with Crippen molar-refractivity contribution in [1.29, 1.82) is 0 Å². The average Bonchev–Trinajstić information content (AvgIpc) is 2.71. The Bertz CT molecular complexity index is 1000. The van der Waals surface area contributed by atoms with Crippen molar-refractivity contribution in [3.63, 3.8) is 0 Å². The third kappa shape index (κ3) is 4.64. The normalized spacial score (nSPS) is 14.7. The predicted molar refractivity (Wildman–Crippen MR) is 110 cm³/mol. The number of fused-ring (bicyclic) bond motifs is 1. The summed E-state index contributed by atoms with van der Waals surface area (Å²) in [4.78, 5) is 14.8. The van der Waals surface area contributed by atoms with Crippen molar-refractivity contribution >= 4 is 15.9 Å². The molecule has 29 heavy (non-hydrogen) atoms. The van der Waals surface area contributed by atoms with E-state index in [1.54, 1.807) is 43.4 Å². The van der Waals surface area contributed by atoms with Crippen LogP contribution in [0.15, 0.2) is 41.3 Å². The van der Waals surface area contributed by atoms with Gasteiger partial charge in [0.15, 0.2) is 21.3 Å². The Hall–Kier alpha value is -2.74. The molecule has 3 rings (SSSR count). The molecule has 0 aromatic heterocycles. The maximum Gasteiger partial charge on any atom is 0.318 e. The maximum atomic E-state index is 12.8. The van der Waals surface area contributed by atoms with Crippen LogP contribution in [0.4, 0.5) is 4.79 Å². The molecule has 156 valence electrons. The fourth-order valence-corrected chi connectivity index (χ4v) is 4.05. The van der Waals surface area contributed by atoms with Gasteiger partial charge in [-0.3, -0.25) is 0 Å². The minimum absolute atomic E-state index is 0.162. The molecule has 0 aliphatic carbocycles. The van der Waals surface area contributed by atoms with E-state index in [-0.39, 0.29) is 17.0 Å². The summed E-state index contributed by atoms with van der Waals surface area (Å²) in [5.41, 5.74) is 3.03. The van der Waals surface area contributed by atoms with Gasteiger partial charge in [0.2, 0.25) is 0 Å². The first kappa shape index (κ1) is 21.0. The van der Waals surface area contributed by atoms with Crippen molar-refractivity contribution < 1.29 is 22.7 Å². The lowest BCUT2D eigenvalue weighted by atomic mass is 9.99. The van der Waals surface area contributed by atoms with Gasteiger partial charge in [0.25, 0.3) is 0 Å². The average molecular weight is 419 g/mol. The zero-order valence-electron chi connectivity index (χ0n) is 17.1. The molecule has 0 spiro atoms. The smallest absolute Gasteiger partial charge is 0.318 e. The van der Waals surface area contributed by atoms with Gasteiger partial charge in [0.05, 0.1) is 25.2 Å². The van der Waals surface area contributed by atoms with Crippen LogP contribution in [0, 0.1) is 0 Å². The second kappa shape index (κ2) is 8.32. The van der Waals surface area contributed by atoms with E-state index in [0.717, 1.165) is 23.1 Å². The third-order valence-corrected chi connectivity index (χ3v) is 6.28. The number of methoxy groups -OCH3 is 2. The second-order valence-electron chi connectivity index (χ2n) is 7.16. The molecule has 0 bridgehead atoms. The fraction of sp³-hybridized carbons (Fsp3) is 0.381. The Morgan fingerprint density at radius 2 is 1.66 bits per heavy atom. The Balaban J connectivity index is 1.69. The number of rotatable bonds is 5. The number of sulfone groups is 1. The largest absolute Gasteiger partial charge is 0.493 e. The summed E-state index contributed by atoms with van der Waals surface area (Å²) in [6, 6.07) is 10.0. The molecule has 0 saturated carbocycles. The highest BCUT2D eigenvalue weighted by atomic mass is 32.2. The molecule has 0 radical (unpaired) electrons. The standard InChI is InChI=1S/C21H26N2O5S/c1-14(15-5-7-18(8-6-15)29(4,25)26)22-21(24)23-10-9-16-11-19(27-2)20(28-3)12-17(16)13-23/h5-8,11-12,14H,9-10,13H2,1-4H3,(H,22,24)/t14-/m1/s1. The molecule has 1 heterocycles. The number of hydrogen-bond acceptors (Lipinski definition) is 5. The Morgan fingerprint density at radius 1 is 1.07 bits per heavy atom. The molecule has 7 nitrogen and oxygen atoms in total. The van der Waals surface area contributed by atoms with Crippen LogP contribution in [0.5, 0.6) is 11.5 Å². The van der Waals surface area contributed by atoms with E-state index in [1.165, 1.54) is 6.26 Å². The molecule has 0 fully saturated rings. The first-order valence-electron chi connectivity index (χ1n) is 9.32. The maximum absolute atomic E-state index is 12.8. The van der Waals surface area contributed by atoms with E-state index < -0.39 is 9.84 Å². The predicted octanol–water partition coefficient (Wildman–Crippen LogP) is 2.94. The monoisotopic (exact) mass is 418 g/mol. The Morgan fingerprint density at radius 3 is 2.21 bits per heavy atom. The first-order chi connectivity index (χ1) is 13.7. The molecule has 2 aromatic rings. The van der Waals surface area contributed by atoms with Crippen LogP contribution >= 0.6 is 0 Å². The number of hydrogen-bond donors (Lipinski definition) is 1. The zero-order valence-corrected chi connectivity index (χ0v) is 17.9. The van der Waals surface area contributed by atoms with Crippen LogP contribution in [0.2, 0.25) is 0 Å². The summed E-state index contributed by atoms with van der Waals surface area (Å²) >= 11 is 0. The van der Waals surface area contributed by atoms with Crippen molar-refractivity contribution in [2.45, 2.75) is 30.8 Å². The molecule has 0 unspecified atom stereocenters. The van der Waals surface area contributed by atoms with Gasteiger partial charge in [-0.15, -0.1) is 0 Å². The van der Waals surface area contributed by atoms with Crippen LogP contribution in [-0.2, 0) is 22.8 Å². The number of ether oxygens (including phenoxy) is 2. The molecular weight excluding hydrogens is 392 g/mol. The van der Waals surface area contributed by atoms with Crippen molar-refractivity contribution in [3.05, 3.63) is 53.1 Å². The quantitative estimate of drug-likeness (QED) is 0.807. The number of amides is 2. The molecule has 1 atom stereocenters. The molecule has 1 aliphatic heterocycles. The van der Waals surface area contributed by atoms with Crippen molar-refractivity contribution in [2.24, 2.45) is 0 Å². The highest BCUT2D eigenvalue weighted by molar-refractivity contribution is 7.90. The van der Waals surface area contributed by atoms with E-state index in [1.807, 2.05) is 19.1 Å². The number of carbonyl (C=O) groups excluding carboxylic acids is 1. The molecule has 8 heteroatoms. The lowest BCUT2D eigenvalue weighted by Gasteiger charge is -2.31. The van der Waals surface area contributed by atoms with Gasteiger partial charge in [-0.25, -0.2) is 13.2 Å². The van der Waals surface area contributed by atoms with Gasteiger partial charge in [-0.05, 0) is 54.3 Å². The fourth-order valence-electron chi connectivity index (χ4n) is 3.42. The Kier molecular flexibility index (Phi) is 6.02. The Labute approximate surface area is 171 Å². The summed E-state index contributed by atoms with van der Waals surface area (Å²) in [6.07, 6.45) is 1.91. The summed E-state index contributed by atoms with van der Waals surface area (Å²) in [7, 11) is -0.0401. The topological polar surface area (TPSA) is 84.9 Å².